The summed E-state index contributed by atoms with van der Waals surface area (Å²) in [5, 5.41) is 12.8. The Hall–Kier alpha value is -2.73. The number of amides is 1. The first-order valence-electron chi connectivity index (χ1n) is 6.85. The quantitative estimate of drug-likeness (QED) is 0.507. The highest BCUT2D eigenvalue weighted by molar-refractivity contribution is 6.04. The van der Waals surface area contributed by atoms with Crippen molar-refractivity contribution in [3.05, 3.63) is 57.6 Å². The standard InChI is InChI=1S/C16H15N3O3/c1-16(2)14(15(20)17-18-16)9-11-8-12(19(21)22)7-10-5-3-4-6-13(10)11/h3-9,18H,1-2H3,(H,17,20)/b14-9+. The molecule has 0 radical (unpaired) electrons. The largest absolute Gasteiger partial charge is 0.287 e. The average molecular weight is 297 g/mol. The summed E-state index contributed by atoms with van der Waals surface area (Å²) in [5.41, 5.74) is 6.14. The van der Waals surface area contributed by atoms with E-state index in [9.17, 15) is 14.9 Å². The monoisotopic (exact) mass is 297 g/mol. The Morgan fingerprint density at radius 1 is 1.23 bits per heavy atom. The highest BCUT2D eigenvalue weighted by atomic mass is 16.6. The molecule has 6 heteroatoms. The maximum Gasteiger partial charge on any atom is 0.270 e. The van der Waals surface area contributed by atoms with E-state index in [-0.39, 0.29) is 11.6 Å². The lowest BCUT2D eigenvalue weighted by atomic mass is 9.92. The summed E-state index contributed by atoms with van der Waals surface area (Å²) in [5.74, 6) is -0.222. The average Bonchev–Trinajstić information content (AvgIpc) is 2.74. The van der Waals surface area contributed by atoms with Crippen LogP contribution in [0.25, 0.3) is 16.8 Å². The van der Waals surface area contributed by atoms with Gasteiger partial charge in [-0.2, -0.15) is 0 Å². The lowest BCUT2D eigenvalue weighted by molar-refractivity contribution is -0.384. The lowest BCUT2D eigenvalue weighted by Crippen LogP contribution is -2.38. The number of carbonyl (C=O) groups is 1. The molecule has 0 unspecified atom stereocenters. The zero-order valence-corrected chi connectivity index (χ0v) is 12.2. The van der Waals surface area contributed by atoms with Crippen molar-refractivity contribution >= 4 is 28.4 Å². The van der Waals surface area contributed by atoms with E-state index in [4.69, 9.17) is 0 Å². The fourth-order valence-corrected chi connectivity index (χ4v) is 2.58. The van der Waals surface area contributed by atoms with Gasteiger partial charge in [0.2, 0.25) is 0 Å². The van der Waals surface area contributed by atoms with E-state index >= 15 is 0 Å². The molecule has 2 aromatic rings. The highest BCUT2D eigenvalue weighted by Gasteiger charge is 2.35. The Labute approximate surface area is 126 Å². The Morgan fingerprint density at radius 3 is 2.59 bits per heavy atom. The molecule has 6 nitrogen and oxygen atoms in total. The Kier molecular flexibility index (Phi) is 3.18. The van der Waals surface area contributed by atoms with Crippen molar-refractivity contribution in [2.24, 2.45) is 0 Å². The molecule has 22 heavy (non-hydrogen) atoms. The Balaban J connectivity index is 2.26. The van der Waals surface area contributed by atoms with Crippen LogP contribution in [0.5, 0.6) is 0 Å². The smallest absolute Gasteiger partial charge is 0.270 e. The molecule has 2 aromatic carbocycles. The van der Waals surface area contributed by atoms with Crippen LogP contribution in [-0.4, -0.2) is 16.4 Å². The summed E-state index contributed by atoms with van der Waals surface area (Å²) in [6.45, 7) is 3.74. The van der Waals surface area contributed by atoms with Gasteiger partial charge in [-0.25, -0.2) is 5.43 Å². The van der Waals surface area contributed by atoms with Crippen LogP contribution in [-0.2, 0) is 4.79 Å². The first kappa shape index (κ1) is 14.2. The second kappa shape index (κ2) is 4.92. The number of fused-ring (bicyclic) bond motifs is 1. The van der Waals surface area contributed by atoms with Crippen LogP contribution in [0.3, 0.4) is 0 Å². The molecule has 0 spiro atoms. The molecule has 2 N–H and O–H groups in total. The molecule has 0 saturated carbocycles. The number of rotatable bonds is 2. The molecular weight excluding hydrogens is 282 g/mol. The molecule has 1 amide bonds. The van der Waals surface area contributed by atoms with Crippen molar-refractivity contribution in [3.8, 4) is 0 Å². The molecule has 1 aliphatic heterocycles. The third kappa shape index (κ3) is 2.33. The van der Waals surface area contributed by atoms with Crippen LogP contribution >= 0.6 is 0 Å². The number of benzene rings is 2. The van der Waals surface area contributed by atoms with Gasteiger partial charge in [0.05, 0.1) is 10.5 Å². The summed E-state index contributed by atoms with van der Waals surface area (Å²) >= 11 is 0. The number of nitrogens with zero attached hydrogens (tertiary/aromatic N) is 1. The van der Waals surface area contributed by atoms with E-state index in [1.54, 1.807) is 6.08 Å². The van der Waals surface area contributed by atoms with Gasteiger partial charge in [-0.3, -0.25) is 20.3 Å². The first-order valence-corrected chi connectivity index (χ1v) is 6.85. The van der Waals surface area contributed by atoms with Gasteiger partial charge in [0.15, 0.2) is 0 Å². The molecule has 112 valence electrons. The third-order valence-corrected chi connectivity index (χ3v) is 3.80. The van der Waals surface area contributed by atoms with E-state index in [2.05, 4.69) is 10.9 Å². The van der Waals surface area contributed by atoms with E-state index in [0.717, 1.165) is 10.8 Å². The normalized spacial score (nSPS) is 18.6. The number of hydrogen-bond acceptors (Lipinski definition) is 4. The van der Waals surface area contributed by atoms with Gasteiger partial charge in [-0.15, -0.1) is 0 Å². The van der Waals surface area contributed by atoms with Crippen molar-refractivity contribution in [1.82, 2.24) is 10.9 Å². The molecule has 0 atom stereocenters. The van der Waals surface area contributed by atoms with Gasteiger partial charge in [0.25, 0.3) is 11.6 Å². The second-order valence-corrected chi connectivity index (χ2v) is 5.78. The van der Waals surface area contributed by atoms with Gasteiger partial charge >= 0.3 is 0 Å². The number of hydrogen-bond donors (Lipinski definition) is 2. The van der Waals surface area contributed by atoms with Gasteiger partial charge in [0, 0.05) is 17.7 Å². The summed E-state index contributed by atoms with van der Waals surface area (Å²) in [6, 6.07) is 10.4. The second-order valence-electron chi connectivity index (χ2n) is 5.78. The minimum atomic E-state index is -0.539. The van der Waals surface area contributed by atoms with Crippen LogP contribution < -0.4 is 10.9 Å². The number of carbonyl (C=O) groups excluding carboxylic acids is 1. The number of nitrogens with one attached hydrogen (secondary N) is 2. The molecule has 1 saturated heterocycles. The highest BCUT2D eigenvalue weighted by Crippen LogP contribution is 2.30. The summed E-state index contributed by atoms with van der Waals surface area (Å²) in [4.78, 5) is 22.7. The first-order chi connectivity index (χ1) is 10.4. The predicted molar refractivity (Wildman–Crippen MR) is 83.9 cm³/mol. The van der Waals surface area contributed by atoms with Crippen molar-refractivity contribution in [2.75, 3.05) is 0 Å². The van der Waals surface area contributed by atoms with Crippen molar-refractivity contribution in [3.63, 3.8) is 0 Å². The van der Waals surface area contributed by atoms with E-state index < -0.39 is 10.5 Å². The molecular formula is C16H15N3O3. The molecule has 1 heterocycles. The molecule has 0 aromatic heterocycles. The SMILES string of the molecule is CC1(C)NNC(=O)/C1=C\c1cc([N+](=O)[O-])cc2ccccc12. The van der Waals surface area contributed by atoms with Crippen molar-refractivity contribution in [2.45, 2.75) is 19.4 Å². The zero-order chi connectivity index (χ0) is 15.9. The zero-order valence-electron chi connectivity index (χ0n) is 12.2. The fraction of sp³-hybridized carbons (Fsp3) is 0.188. The summed E-state index contributed by atoms with van der Waals surface area (Å²) < 4.78 is 0. The summed E-state index contributed by atoms with van der Waals surface area (Å²) in [7, 11) is 0. The number of nitro groups is 1. The van der Waals surface area contributed by atoms with Gasteiger partial charge in [-0.05, 0) is 36.3 Å². The molecule has 0 bridgehead atoms. The lowest BCUT2D eigenvalue weighted by Gasteiger charge is -2.17. The third-order valence-electron chi connectivity index (χ3n) is 3.80. The maximum absolute atomic E-state index is 12.0. The van der Waals surface area contributed by atoms with E-state index in [1.807, 2.05) is 38.1 Å². The van der Waals surface area contributed by atoms with Crippen molar-refractivity contribution < 1.29 is 9.72 Å². The number of nitro benzene ring substituents is 1. The topological polar surface area (TPSA) is 84.3 Å². The minimum absolute atomic E-state index is 0.00900. The van der Waals surface area contributed by atoms with Crippen LogP contribution in [0.15, 0.2) is 42.0 Å². The Morgan fingerprint density at radius 2 is 1.95 bits per heavy atom. The van der Waals surface area contributed by atoms with E-state index in [1.165, 1.54) is 12.1 Å². The van der Waals surface area contributed by atoms with Crippen LogP contribution in [0.4, 0.5) is 5.69 Å². The number of hydrazine groups is 1. The van der Waals surface area contributed by atoms with Crippen LogP contribution in [0.2, 0.25) is 0 Å². The summed E-state index contributed by atoms with van der Waals surface area (Å²) in [6.07, 6.45) is 1.71. The van der Waals surface area contributed by atoms with Crippen LogP contribution in [0, 0.1) is 10.1 Å². The van der Waals surface area contributed by atoms with Crippen LogP contribution in [0.1, 0.15) is 19.4 Å². The van der Waals surface area contributed by atoms with E-state index in [0.29, 0.717) is 11.1 Å². The molecule has 1 fully saturated rings. The fourth-order valence-electron chi connectivity index (χ4n) is 2.58. The minimum Gasteiger partial charge on any atom is -0.287 e. The molecule has 1 aliphatic rings. The number of non-ortho nitro benzene ring substituents is 1. The molecule has 0 aliphatic carbocycles. The molecule has 3 rings (SSSR count). The van der Waals surface area contributed by atoms with Crippen molar-refractivity contribution in [1.29, 1.82) is 0 Å². The Bertz CT molecular complexity index is 824. The maximum atomic E-state index is 12.0. The van der Waals surface area contributed by atoms with Gasteiger partial charge < -0.3 is 0 Å². The predicted octanol–water partition coefficient (Wildman–Crippen LogP) is 2.54. The van der Waals surface area contributed by atoms with Gasteiger partial charge in [0.1, 0.15) is 0 Å². The van der Waals surface area contributed by atoms with Gasteiger partial charge in [-0.1, -0.05) is 24.3 Å².